The number of benzene rings is 2. The number of piperidine rings is 1. The van der Waals surface area contributed by atoms with E-state index in [1.54, 1.807) is 12.1 Å². The van der Waals surface area contributed by atoms with Gasteiger partial charge in [0.15, 0.2) is 5.65 Å². The van der Waals surface area contributed by atoms with E-state index in [4.69, 9.17) is 10.8 Å². The van der Waals surface area contributed by atoms with Gasteiger partial charge in [0.05, 0.1) is 11.4 Å². The molecule has 2 amide bonds. The van der Waals surface area contributed by atoms with Gasteiger partial charge >= 0.3 is 0 Å². The number of nitrogens with zero attached hydrogens (tertiary/aromatic N) is 6. The molecule has 0 aliphatic carbocycles. The van der Waals surface area contributed by atoms with Crippen molar-refractivity contribution in [2.24, 2.45) is 0 Å². The van der Waals surface area contributed by atoms with E-state index < -0.39 is 0 Å². The SMILES string of the molecule is CC(C)c1ccc(NC(=O)c2cccc(-c3nn([C@@H]4CCCN(C(=O)/C=C/CN5CCNCC5)C4)c4ncnc(N)c34)c2)cc1. The summed E-state index contributed by atoms with van der Waals surface area (Å²) in [6.07, 6.45) is 6.82. The van der Waals surface area contributed by atoms with Crippen LogP contribution in [0.3, 0.4) is 0 Å². The predicted octanol–water partition coefficient (Wildman–Crippen LogP) is 4.08. The van der Waals surface area contributed by atoms with E-state index in [9.17, 15) is 9.59 Å². The summed E-state index contributed by atoms with van der Waals surface area (Å²) in [5.74, 6) is 0.534. The number of carbonyl (C=O) groups excluding carboxylic acids is 2. The largest absolute Gasteiger partial charge is 0.383 e. The van der Waals surface area contributed by atoms with Gasteiger partial charge in [-0.05, 0) is 48.6 Å². The molecule has 0 bridgehead atoms. The highest BCUT2D eigenvalue weighted by atomic mass is 16.2. The minimum absolute atomic E-state index is 0.0122. The Morgan fingerprint density at radius 1 is 1.09 bits per heavy atom. The van der Waals surface area contributed by atoms with Crippen molar-refractivity contribution in [3.05, 3.63) is 78.1 Å². The molecule has 1 atom stereocenters. The molecule has 2 aliphatic rings. The lowest BCUT2D eigenvalue weighted by Gasteiger charge is -2.32. The van der Waals surface area contributed by atoms with Crippen LogP contribution in [-0.2, 0) is 4.79 Å². The first-order valence-electron chi connectivity index (χ1n) is 15.8. The summed E-state index contributed by atoms with van der Waals surface area (Å²) in [5, 5.41) is 12.0. The van der Waals surface area contributed by atoms with Crippen LogP contribution in [0.25, 0.3) is 22.3 Å². The van der Waals surface area contributed by atoms with E-state index in [0.29, 0.717) is 47.1 Å². The number of fused-ring (bicyclic) bond motifs is 1. The molecule has 11 nitrogen and oxygen atoms in total. The molecule has 2 saturated heterocycles. The number of nitrogen functional groups attached to an aromatic ring is 1. The van der Waals surface area contributed by atoms with Gasteiger partial charge in [0.1, 0.15) is 17.8 Å². The monoisotopic (exact) mass is 607 g/mol. The van der Waals surface area contributed by atoms with Crippen molar-refractivity contribution >= 4 is 34.4 Å². The number of hydrogen-bond donors (Lipinski definition) is 3. The lowest BCUT2D eigenvalue weighted by Crippen LogP contribution is -2.43. The maximum Gasteiger partial charge on any atom is 0.255 e. The fourth-order valence-electron chi connectivity index (χ4n) is 6.07. The van der Waals surface area contributed by atoms with E-state index in [-0.39, 0.29) is 17.9 Å². The molecule has 4 aromatic rings. The average molecular weight is 608 g/mol. The van der Waals surface area contributed by atoms with Crippen molar-refractivity contribution < 1.29 is 9.59 Å². The normalized spacial score (nSPS) is 17.8. The van der Waals surface area contributed by atoms with Gasteiger partial charge in [-0.1, -0.05) is 44.2 Å². The third-order valence-electron chi connectivity index (χ3n) is 8.64. The zero-order chi connectivity index (χ0) is 31.3. The minimum atomic E-state index is -0.214. The lowest BCUT2D eigenvalue weighted by atomic mass is 10.0. The van der Waals surface area contributed by atoms with E-state index in [1.807, 2.05) is 58.1 Å². The van der Waals surface area contributed by atoms with Crippen molar-refractivity contribution in [3.63, 3.8) is 0 Å². The quantitative estimate of drug-likeness (QED) is 0.255. The molecule has 0 radical (unpaired) electrons. The van der Waals surface area contributed by atoms with Gasteiger partial charge in [-0.3, -0.25) is 14.5 Å². The van der Waals surface area contributed by atoms with Crippen LogP contribution < -0.4 is 16.4 Å². The fraction of sp³-hybridized carbons (Fsp3) is 0.382. The molecular formula is C34H41N9O2. The Kier molecular flexibility index (Phi) is 9.18. The fourth-order valence-corrected chi connectivity index (χ4v) is 6.07. The van der Waals surface area contributed by atoms with Crippen LogP contribution in [0.2, 0.25) is 0 Å². The molecule has 45 heavy (non-hydrogen) atoms. The number of nitrogens with two attached hydrogens (primary N) is 1. The van der Waals surface area contributed by atoms with Crippen LogP contribution in [0.4, 0.5) is 11.5 Å². The second kappa shape index (κ2) is 13.6. The Bertz CT molecular complexity index is 1690. The summed E-state index contributed by atoms with van der Waals surface area (Å²) in [6.45, 7) is 10.2. The van der Waals surface area contributed by atoms with Gasteiger partial charge < -0.3 is 21.3 Å². The van der Waals surface area contributed by atoms with Crippen LogP contribution in [-0.4, -0.2) is 87.2 Å². The smallest absolute Gasteiger partial charge is 0.255 e. The molecule has 2 aromatic carbocycles. The molecule has 2 aliphatic heterocycles. The van der Waals surface area contributed by atoms with Gasteiger partial charge in [-0.2, -0.15) is 5.10 Å². The number of piperazine rings is 1. The van der Waals surface area contributed by atoms with Crippen molar-refractivity contribution in [2.75, 3.05) is 56.9 Å². The van der Waals surface area contributed by atoms with Crippen molar-refractivity contribution in [3.8, 4) is 11.3 Å². The first kappa shape index (κ1) is 30.4. The first-order valence-corrected chi connectivity index (χ1v) is 15.8. The number of nitrogens with one attached hydrogen (secondary N) is 2. The number of aromatic nitrogens is 4. The standard InChI is InChI=1S/C34H41N9O2/c1-23(2)24-10-12-27(13-11-24)39-34(45)26-7-3-6-25(20-26)31-30-32(35)37-22-38-33(30)43(40-31)28-8-4-17-42(21-28)29(44)9-5-16-41-18-14-36-15-19-41/h3,5-7,9-13,20,22-23,28,36H,4,8,14-19,21H2,1-2H3,(H,39,45)(H2,35,37,38)/b9-5+/t28-/m1/s1. The summed E-state index contributed by atoms with van der Waals surface area (Å²) in [6, 6.07) is 15.2. The topological polar surface area (TPSA) is 134 Å². The van der Waals surface area contributed by atoms with Crippen LogP contribution in [0.5, 0.6) is 0 Å². The Balaban J connectivity index is 1.22. The molecule has 0 saturated carbocycles. The Morgan fingerprint density at radius 2 is 1.89 bits per heavy atom. The van der Waals surface area contributed by atoms with E-state index in [1.165, 1.54) is 11.9 Å². The number of carbonyl (C=O) groups is 2. The number of amides is 2. The molecule has 6 rings (SSSR count). The Morgan fingerprint density at radius 3 is 2.67 bits per heavy atom. The van der Waals surface area contributed by atoms with Crippen LogP contribution >= 0.6 is 0 Å². The van der Waals surface area contributed by atoms with Crippen LogP contribution in [0, 0.1) is 0 Å². The summed E-state index contributed by atoms with van der Waals surface area (Å²) in [5.41, 5.74) is 10.8. The number of anilines is 2. The molecule has 11 heteroatoms. The summed E-state index contributed by atoms with van der Waals surface area (Å²) < 4.78 is 1.88. The van der Waals surface area contributed by atoms with Crippen molar-refractivity contribution in [1.29, 1.82) is 0 Å². The van der Waals surface area contributed by atoms with Gasteiger partial charge in [0.2, 0.25) is 5.91 Å². The Labute approximate surface area is 263 Å². The molecule has 0 spiro atoms. The Hall–Kier alpha value is -4.61. The van der Waals surface area contributed by atoms with E-state index >= 15 is 0 Å². The van der Waals surface area contributed by atoms with E-state index in [2.05, 4.69) is 39.3 Å². The molecule has 2 aromatic heterocycles. The maximum absolute atomic E-state index is 13.2. The molecule has 2 fully saturated rings. The molecule has 0 unspecified atom stereocenters. The van der Waals surface area contributed by atoms with Crippen LogP contribution in [0.15, 0.2) is 67.0 Å². The van der Waals surface area contributed by atoms with Crippen LogP contribution in [0.1, 0.15) is 54.6 Å². The lowest BCUT2D eigenvalue weighted by molar-refractivity contribution is -0.127. The van der Waals surface area contributed by atoms with Gasteiger partial charge in [-0.15, -0.1) is 0 Å². The number of rotatable bonds is 8. The second-order valence-electron chi connectivity index (χ2n) is 12.1. The highest BCUT2D eigenvalue weighted by molar-refractivity contribution is 6.06. The average Bonchev–Trinajstić information content (AvgIpc) is 3.47. The first-order chi connectivity index (χ1) is 21.9. The van der Waals surface area contributed by atoms with Gasteiger partial charge in [0, 0.05) is 68.7 Å². The summed E-state index contributed by atoms with van der Waals surface area (Å²) in [7, 11) is 0. The molecular weight excluding hydrogens is 566 g/mol. The third kappa shape index (κ3) is 6.89. The third-order valence-corrected chi connectivity index (χ3v) is 8.64. The minimum Gasteiger partial charge on any atom is -0.383 e. The molecule has 4 heterocycles. The highest BCUT2D eigenvalue weighted by Gasteiger charge is 2.28. The predicted molar refractivity (Wildman–Crippen MR) is 177 cm³/mol. The highest BCUT2D eigenvalue weighted by Crippen LogP contribution is 2.34. The van der Waals surface area contributed by atoms with Gasteiger partial charge in [-0.25, -0.2) is 14.6 Å². The second-order valence-corrected chi connectivity index (χ2v) is 12.1. The number of hydrogen-bond acceptors (Lipinski definition) is 8. The van der Waals surface area contributed by atoms with E-state index in [0.717, 1.165) is 56.8 Å². The van der Waals surface area contributed by atoms with Crippen molar-refractivity contribution in [1.82, 2.24) is 34.9 Å². The zero-order valence-electron chi connectivity index (χ0n) is 25.9. The van der Waals surface area contributed by atoms with Gasteiger partial charge in [0.25, 0.3) is 5.91 Å². The van der Waals surface area contributed by atoms with Crippen molar-refractivity contribution in [2.45, 2.75) is 38.6 Å². The zero-order valence-corrected chi connectivity index (χ0v) is 25.9. The number of likely N-dealkylation sites (tertiary alicyclic amines) is 1. The molecule has 234 valence electrons. The maximum atomic E-state index is 13.2. The summed E-state index contributed by atoms with van der Waals surface area (Å²) in [4.78, 5) is 39.4. The molecule has 4 N–H and O–H groups in total. The summed E-state index contributed by atoms with van der Waals surface area (Å²) >= 11 is 0.